The summed E-state index contributed by atoms with van der Waals surface area (Å²) < 4.78 is 0. The molecular formula is C31H38. The van der Waals surface area contributed by atoms with Crippen molar-refractivity contribution in [3.8, 4) is 0 Å². The molecule has 31 heavy (non-hydrogen) atoms. The lowest BCUT2D eigenvalue weighted by molar-refractivity contribution is 0.638. The first kappa shape index (κ1) is 24.4. The van der Waals surface area contributed by atoms with E-state index < -0.39 is 0 Å². The number of rotatable bonds is 10. The van der Waals surface area contributed by atoms with Gasteiger partial charge < -0.3 is 0 Å². The normalized spacial score (nSPS) is 11.0. The molecule has 0 spiro atoms. The maximum Gasteiger partial charge on any atom is -0.00994 e. The molecule has 0 saturated carbocycles. The zero-order chi connectivity index (χ0) is 22.5. The molecule has 3 aromatic rings. The minimum Gasteiger partial charge on any atom is -0.0984 e. The van der Waals surface area contributed by atoms with E-state index in [1.807, 2.05) is 19.9 Å². The van der Waals surface area contributed by atoms with Gasteiger partial charge in [0.2, 0.25) is 0 Å². The maximum atomic E-state index is 4.54. The second-order valence-electron chi connectivity index (χ2n) is 7.62. The summed E-state index contributed by atoms with van der Waals surface area (Å²) in [5, 5.41) is 2.47. The first-order valence-corrected chi connectivity index (χ1v) is 11.9. The van der Waals surface area contributed by atoms with Crippen molar-refractivity contribution < 1.29 is 0 Å². The number of unbranched alkanes of at least 4 members (excludes halogenated alkanes) is 5. The van der Waals surface area contributed by atoms with E-state index >= 15 is 0 Å². The Balaban J connectivity index is 0.00000166. The van der Waals surface area contributed by atoms with Crippen LogP contribution in [0.2, 0.25) is 0 Å². The lowest BCUT2D eigenvalue weighted by Crippen LogP contribution is -1.93. The Hall–Kier alpha value is -2.86. The highest BCUT2D eigenvalue weighted by Gasteiger charge is 2.12. The van der Waals surface area contributed by atoms with Crippen molar-refractivity contribution in [3.05, 3.63) is 103 Å². The van der Waals surface area contributed by atoms with Gasteiger partial charge in [-0.1, -0.05) is 138 Å². The summed E-state index contributed by atoms with van der Waals surface area (Å²) >= 11 is 0. The van der Waals surface area contributed by atoms with Crippen LogP contribution in [0.1, 0.15) is 76.0 Å². The molecule has 162 valence electrons. The molecular weight excluding hydrogens is 372 g/mol. The van der Waals surface area contributed by atoms with E-state index in [0.717, 1.165) is 12.0 Å². The molecule has 0 fully saturated rings. The largest absolute Gasteiger partial charge is 0.0984 e. The van der Waals surface area contributed by atoms with Gasteiger partial charge in [0, 0.05) is 0 Å². The van der Waals surface area contributed by atoms with Crippen molar-refractivity contribution in [1.82, 2.24) is 0 Å². The molecule has 0 radical (unpaired) electrons. The minimum atomic E-state index is 1.09. The van der Waals surface area contributed by atoms with E-state index in [1.165, 1.54) is 65.1 Å². The first-order valence-electron chi connectivity index (χ1n) is 11.9. The van der Waals surface area contributed by atoms with E-state index in [0.29, 0.717) is 0 Å². The summed E-state index contributed by atoms with van der Waals surface area (Å²) in [6, 6.07) is 23.6. The van der Waals surface area contributed by atoms with E-state index in [1.54, 1.807) is 0 Å². The molecule has 0 aromatic heterocycles. The molecule has 0 nitrogen and oxygen atoms in total. The molecule has 0 aliphatic carbocycles. The van der Waals surface area contributed by atoms with Crippen molar-refractivity contribution in [1.29, 1.82) is 0 Å². The molecule has 0 aliphatic heterocycles. The van der Waals surface area contributed by atoms with Gasteiger partial charge in [-0.2, -0.15) is 0 Å². The maximum absolute atomic E-state index is 4.54. The van der Waals surface area contributed by atoms with E-state index in [-0.39, 0.29) is 0 Å². The van der Waals surface area contributed by atoms with Crippen molar-refractivity contribution in [2.45, 2.75) is 59.3 Å². The smallest absolute Gasteiger partial charge is 0.00994 e. The van der Waals surface area contributed by atoms with E-state index in [4.69, 9.17) is 0 Å². The van der Waals surface area contributed by atoms with Crippen LogP contribution in [0.4, 0.5) is 0 Å². The summed E-state index contributed by atoms with van der Waals surface area (Å²) in [7, 11) is 0. The second-order valence-corrected chi connectivity index (χ2v) is 7.62. The zero-order valence-electron chi connectivity index (χ0n) is 19.7. The van der Waals surface area contributed by atoms with Gasteiger partial charge >= 0.3 is 0 Å². The van der Waals surface area contributed by atoms with Crippen LogP contribution in [-0.2, 0) is 0 Å². The molecule has 0 amide bonds. The molecule has 0 atom stereocenters. The Bertz CT molecular complexity index is 989. The van der Waals surface area contributed by atoms with Gasteiger partial charge in [0.1, 0.15) is 0 Å². The fourth-order valence-electron chi connectivity index (χ4n) is 3.94. The highest BCUT2D eigenvalue weighted by molar-refractivity contribution is 6.11. The van der Waals surface area contributed by atoms with E-state index in [9.17, 15) is 0 Å². The molecule has 0 bridgehead atoms. The van der Waals surface area contributed by atoms with Crippen LogP contribution in [0.15, 0.2) is 86.0 Å². The summed E-state index contributed by atoms with van der Waals surface area (Å²) in [6.45, 7) is 14.8. The Morgan fingerprint density at radius 3 is 2.10 bits per heavy atom. The Morgan fingerprint density at radius 2 is 1.42 bits per heavy atom. The van der Waals surface area contributed by atoms with Gasteiger partial charge in [0.05, 0.1) is 0 Å². The van der Waals surface area contributed by atoms with Gasteiger partial charge in [-0.3, -0.25) is 0 Å². The van der Waals surface area contributed by atoms with Crippen LogP contribution >= 0.6 is 0 Å². The summed E-state index contributed by atoms with van der Waals surface area (Å²) in [5.41, 5.74) is 5.95. The van der Waals surface area contributed by atoms with Gasteiger partial charge in [0.25, 0.3) is 0 Å². The number of benzene rings is 3. The summed E-state index contributed by atoms with van der Waals surface area (Å²) in [6.07, 6.45) is 11.9. The molecule has 0 heteroatoms. The fourth-order valence-corrected chi connectivity index (χ4v) is 3.94. The van der Waals surface area contributed by atoms with Crippen molar-refractivity contribution in [2.75, 3.05) is 0 Å². The van der Waals surface area contributed by atoms with E-state index in [2.05, 4.69) is 92.9 Å². The highest BCUT2D eigenvalue weighted by Crippen LogP contribution is 2.35. The van der Waals surface area contributed by atoms with Gasteiger partial charge in [-0.25, -0.2) is 0 Å². The molecule has 0 unspecified atom stereocenters. The van der Waals surface area contributed by atoms with Gasteiger partial charge in [0.15, 0.2) is 0 Å². The standard InChI is InChI=1S/C29H32.C2H6/c1-4-6-7-8-9-13-18-26(25-16-11-10-12-17-25)23(3)27-22-21-24(5-2)28-19-14-15-20-29(27)28;1-2/h5,10-12,14-22H,2-4,6-9,13H2,1H3;1-2H3/b26-18-;. The zero-order valence-corrected chi connectivity index (χ0v) is 19.7. The lowest BCUT2D eigenvalue weighted by Gasteiger charge is -2.16. The molecule has 0 N–H and O–H groups in total. The Labute approximate surface area is 190 Å². The van der Waals surface area contributed by atoms with Gasteiger partial charge in [-0.15, -0.1) is 0 Å². The number of hydrogen-bond donors (Lipinski definition) is 0. The molecule has 0 aliphatic rings. The summed E-state index contributed by atoms with van der Waals surface area (Å²) in [4.78, 5) is 0. The topological polar surface area (TPSA) is 0 Å². The predicted molar refractivity (Wildman–Crippen MR) is 142 cm³/mol. The molecule has 0 heterocycles. The third-order valence-electron chi connectivity index (χ3n) is 5.57. The lowest BCUT2D eigenvalue weighted by atomic mass is 9.88. The van der Waals surface area contributed by atoms with Crippen LogP contribution in [0.3, 0.4) is 0 Å². The quantitative estimate of drug-likeness (QED) is 0.230. The second kappa shape index (κ2) is 13.4. The summed E-state index contributed by atoms with van der Waals surface area (Å²) in [5.74, 6) is 0. The highest BCUT2D eigenvalue weighted by atomic mass is 14.2. The van der Waals surface area contributed by atoms with Crippen LogP contribution in [0.25, 0.3) is 28.0 Å². The third kappa shape index (κ3) is 6.56. The van der Waals surface area contributed by atoms with Crippen LogP contribution in [0, 0.1) is 0 Å². The molecule has 3 aromatic carbocycles. The monoisotopic (exact) mass is 410 g/mol. The van der Waals surface area contributed by atoms with Crippen LogP contribution in [0.5, 0.6) is 0 Å². The number of hydrogen-bond acceptors (Lipinski definition) is 0. The van der Waals surface area contributed by atoms with Crippen LogP contribution in [-0.4, -0.2) is 0 Å². The molecule has 0 saturated heterocycles. The fraction of sp³-hybridized carbons (Fsp3) is 0.290. The van der Waals surface area contributed by atoms with Crippen LogP contribution < -0.4 is 0 Å². The van der Waals surface area contributed by atoms with Gasteiger partial charge in [-0.05, 0) is 51.5 Å². The van der Waals surface area contributed by atoms with Crippen molar-refractivity contribution >= 4 is 28.0 Å². The minimum absolute atomic E-state index is 1.09. The first-order chi connectivity index (χ1) is 15.3. The molecule has 3 rings (SSSR count). The van der Waals surface area contributed by atoms with Crippen molar-refractivity contribution in [2.24, 2.45) is 0 Å². The Morgan fingerprint density at radius 1 is 0.774 bits per heavy atom. The number of allylic oxidation sites excluding steroid dienone is 3. The van der Waals surface area contributed by atoms with Crippen molar-refractivity contribution in [3.63, 3.8) is 0 Å². The Kier molecular flexibility index (Phi) is 10.6. The average Bonchev–Trinajstić information content (AvgIpc) is 2.84. The SMILES string of the molecule is C=Cc1ccc(C(=C)/C(=C/CCCCCCC)c2ccccc2)c2ccccc12.CC. The number of fused-ring (bicyclic) bond motifs is 1. The third-order valence-corrected chi connectivity index (χ3v) is 5.57. The predicted octanol–water partition coefficient (Wildman–Crippen LogP) is 9.97. The average molecular weight is 411 g/mol.